The fourth-order valence-electron chi connectivity index (χ4n) is 2.46. The van der Waals surface area contributed by atoms with Crippen LogP contribution >= 0.6 is 24.0 Å². The number of aliphatic imine (C=N–C) groups is 1. The highest BCUT2D eigenvalue weighted by Gasteiger charge is 2.30. The summed E-state index contributed by atoms with van der Waals surface area (Å²) in [6, 6.07) is 7.22. The summed E-state index contributed by atoms with van der Waals surface area (Å²) in [6.45, 7) is 5.46. The monoisotopic (exact) mass is 492 g/mol. The largest absolute Gasteiger partial charge is 0.416 e. The standard InChI is InChI=1S/C19H23F3N4.HI/c1-3-24-18(25-10-8-16-7-9-23-12-14(16)2)26-13-15-5-4-6-17(11-15)19(20,21)22;/h4-7,9,11-12H,3,8,10,13H2,1-2H3,(H2,24,25,26);1H. The second kappa shape index (κ2) is 11.1. The third-order valence-corrected chi connectivity index (χ3v) is 3.84. The molecule has 0 atom stereocenters. The lowest BCUT2D eigenvalue weighted by molar-refractivity contribution is -0.137. The van der Waals surface area contributed by atoms with E-state index in [9.17, 15) is 13.2 Å². The van der Waals surface area contributed by atoms with Crippen molar-refractivity contribution in [2.45, 2.75) is 33.0 Å². The van der Waals surface area contributed by atoms with Crippen LogP contribution in [0.5, 0.6) is 0 Å². The van der Waals surface area contributed by atoms with Gasteiger partial charge in [-0.05, 0) is 55.2 Å². The molecule has 0 saturated carbocycles. The summed E-state index contributed by atoms with van der Waals surface area (Å²) in [4.78, 5) is 8.44. The van der Waals surface area contributed by atoms with Crippen LogP contribution in [0.4, 0.5) is 13.2 Å². The van der Waals surface area contributed by atoms with Gasteiger partial charge in [-0.1, -0.05) is 12.1 Å². The maximum Gasteiger partial charge on any atom is 0.416 e. The van der Waals surface area contributed by atoms with Gasteiger partial charge < -0.3 is 10.6 Å². The molecule has 0 amide bonds. The molecule has 2 aromatic rings. The smallest absolute Gasteiger partial charge is 0.357 e. The number of aromatic nitrogens is 1. The molecular weight excluding hydrogens is 468 g/mol. The Morgan fingerprint density at radius 2 is 1.96 bits per heavy atom. The van der Waals surface area contributed by atoms with Crippen LogP contribution in [-0.4, -0.2) is 24.0 Å². The summed E-state index contributed by atoms with van der Waals surface area (Å²) in [5.74, 6) is 0.580. The number of aryl methyl sites for hydroxylation is 1. The Morgan fingerprint density at radius 3 is 2.63 bits per heavy atom. The Kier molecular flexibility index (Phi) is 9.54. The zero-order valence-corrected chi connectivity index (χ0v) is 17.6. The second-order valence-corrected chi connectivity index (χ2v) is 5.87. The first-order valence-corrected chi connectivity index (χ1v) is 8.48. The number of nitrogens with one attached hydrogen (secondary N) is 2. The van der Waals surface area contributed by atoms with Gasteiger partial charge in [-0.2, -0.15) is 13.2 Å². The molecule has 0 unspecified atom stereocenters. The highest BCUT2D eigenvalue weighted by atomic mass is 127. The summed E-state index contributed by atoms with van der Waals surface area (Å²) in [7, 11) is 0. The molecule has 1 heterocycles. The summed E-state index contributed by atoms with van der Waals surface area (Å²) in [5.41, 5.74) is 2.18. The molecule has 0 aliphatic rings. The molecule has 2 N–H and O–H groups in total. The molecule has 0 bridgehead atoms. The summed E-state index contributed by atoms with van der Waals surface area (Å²) >= 11 is 0. The fraction of sp³-hybridized carbons (Fsp3) is 0.368. The van der Waals surface area contributed by atoms with E-state index in [1.54, 1.807) is 12.3 Å². The number of rotatable bonds is 6. The Labute approximate surface area is 174 Å². The molecule has 0 radical (unpaired) electrons. The van der Waals surface area contributed by atoms with Crippen molar-refractivity contribution in [2.24, 2.45) is 4.99 Å². The first kappa shape index (κ1) is 23.2. The zero-order valence-electron chi connectivity index (χ0n) is 15.3. The number of guanidine groups is 1. The number of hydrogen-bond donors (Lipinski definition) is 2. The van der Waals surface area contributed by atoms with Gasteiger partial charge in [-0.15, -0.1) is 24.0 Å². The summed E-state index contributed by atoms with van der Waals surface area (Å²) in [5, 5.41) is 6.31. The van der Waals surface area contributed by atoms with E-state index in [0.717, 1.165) is 24.1 Å². The van der Waals surface area contributed by atoms with E-state index in [-0.39, 0.29) is 30.5 Å². The molecule has 4 nitrogen and oxygen atoms in total. The van der Waals surface area contributed by atoms with Crippen molar-refractivity contribution >= 4 is 29.9 Å². The number of alkyl halides is 3. The van der Waals surface area contributed by atoms with Crippen LogP contribution in [0, 0.1) is 6.92 Å². The average molecular weight is 492 g/mol. The van der Waals surface area contributed by atoms with Gasteiger partial charge in [0.25, 0.3) is 0 Å². The van der Waals surface area contributed by atoms with Gasteiger partial charge in [0.15, 0.2) is 5.96 Å². The molecule has 0 saturated heterocycles. The summed E-state index contributed by atoms with van der Waals surface area (Å²) < 4.78 is 38.3. The maximum absolute atomic E-state index is 12.8. The lowest BCUT2D eigenvalue weighted by Crippen LogP contribution is -2.38. The number of benzene rings is 1. The van der Waals surface area contributed by atoms with E-state index in [1.807, 2.05) is 26.1 Å². The first-order valence-electron chi connectivity index (χ1n) is 8.48. The number of nitrogens with zero attached hydrogens (tertiary/aromatic N) is 2. The van der Waals surface area contributed by atoms with Gasteiger partial charge >= 0.3 is 6.18 Å². The predicted octanol–water partition coefficient (Wildman–Crippen LogP) is 4.32. The van der Waals surface area contributed by atoms with Crippen molar-refractivity contribution in [3.05, 3.63) is 65.0 Å². The number of pyridine rings is 1. The van der Waals surface area contributed by atoms with Gasteiger partial charge in [0.1, 0.15) is 0 Å². The molecule has 8 heteroatoms. The first-order chi connectivity index (χ1) is 12.4. The number of hydrogen-bond acceptors (Lipinski definition) is 2. The maximum atomic E-state index is 12.8. The SMILES string of the molecule is CCNC(=NCc1cccc(C(F)(F)F)c1)NCCc1ccncc1C.I. The highest BCUT2D eigenvalue weighted by molar-refractivity contribution is 14.0. The number of halogens is 4. The van der Waals surface area contributed by atoms with Gasteiger partial charge in [0.2, 0.25) is 0 Å². The topological polar surface area (TPSA) is 49.3 Å². The quantitative estimate of drug-likeness (QED) is 0.359. The van der Waals surface area contributed by atoms with Crippen LogP contribution < -0.4 is 10.6 Å². The van der Waals surface area contributed by atoms with E-state index in [2.05, 4.69) is 20.6 Å². The minimum absolute atomic E-state index is 0. The van der Waals surface area contributed by atoms with E-state index >= 15 is 0 Å². The van der Waals surface area contributed by atoms with E-state index in [4.69, 9.17) is 0 Å². The van der Waals surface area contributed by atoms with E-state index < -0.39 is 11.7 Å². The zero-order chi connectivity index (χ0) is 19.0. The molecule has 1 aromatic heterocycles. The van der Waals surface area contributed by atoms with Gasteiger partial charge in [0, 0.05) is 25.5 Å². The molecular formula is C19H24F3IN4. The van der Waals surface area contributed by atoms with Crippen molar-refractivity contribution in [2.75, 3.05) is 13.1 Å². The van der Waals surface area contributed by atoms with Crippen molar-refractivity contribution in [3.63, 3.8) is 0 Å². The molecule has 0 spiro atoms. The van der Waals surface area contributed by atoms with Crippen LogP contribution in [0.2, 0.25) is 0 Å². The van der Waals surface area contributed by atoms with Gasteiger partial charge in [-0.3, -0.25) is 4.98 Å². The lowest BCUT2D eigenvalue weighted by atomic mass is 10.1. The van der Waals surface area contributed by atoms with Crippen LogP contribution in [0.3, 0.4) is 0 Å². The van der Waals surface area contributed by atoms with Crippen LogP contribution in [0.15, 0.2) is 47.7 Å². The van der Waals surface area contributed by atoms with Gasteiger partial charge in [0.05, 0.1) is 12.1 Å². The van der Waals surface area contributed by atoms with Crippen molar-refractivity contribution in [1.29, 1.82) is 0 Å². The van der Waals surface area contributed by atoms with Crippen LogP contribution in [0.25, 0.3) is 0 Å². The Bertz CT molecular complexity index is 748. The van der Waals surface area contributed by atoms with Crippen molar-refractivity contribution in [1.82, 2.24) is 15.6 Å². The predicted molar refractivity (Wildman–Crippen MR) is 112 cm³/mol. The van der Waals surface area contributed by atoms with E-state index in [1.165, 1.54) is 11.6 Å². The summed E-state index contributed by atoms with van der Waals surface area (Å²) in [6.07, 6.45) is 0.0464. The molecule has 0 aliphatic heterocycles. The molecule has 0 fully saturated rings. The molecule has 2 rings (SSSR count). The van der Waals surface area contributed by atoms with Crippen molar-refractivity contribution in [3.8, 4) is 0 Å². The van der Waals surface area contributed by atoms with Crippen molar-refractivity contribution < 1.29 is 13.2 Å². The molecule has 1 aromatic carbocycles. The Morgan fingerprint density at radius 1 is 1.19 bits per heavy atom. The highest BCUT2D eigenvalue weighted by Crippen LogP contribution is 2.29. The minimum Gasteiger partial charge on any atom is -0.357 e. The Balaban J connectivity index is 0.00000364. The molecule has 148 valence electrons. The normalized spacial score (nSPS) is 11.7. The van der Waals surface area contributed by atoms with E-state index in [0.29, 0.717) is 24.6 Å². The molecule has 0 aliphatic carbocycles. The van der Waals surface area contributed by atoms with Crippen LogP contribution in [-0.2, 0) is 19.1 Å². The van der Waals surface area contributed by atoms with Gasteiger partial charge in [-0.25, -0.2) is 4.99 Å². The third-order valence-electron chi connectivity index (χ3n) is 3.84. The average Bonchev–Trinajstić information content (AvgIpc) is 2.61. The third kappa shape index (κ3) is 7.74. The lowest BCUT2D eigenvalue weighted by Gasteiger charge is -2.12. The fourth-order valence-corrected chi connectivity index (χ4v) is 2.46. The second-order valence-electron chi connectivity index (χ2n) is 5.87. The molecule has 27 heavy (non-hydrogen) atoms. The van der Waals surface area contributed by atoms with Crippen LogP contribution in [0.1, 0.15) is 29.2 Å². The Hall–Kier alpha value is -1.84. The minimum atomic E-state index is -4.34.